The average Bonchev–Trinajstić information content (AvgIpc) is 2.55. The van der Waals surface area contributed by atoms with Crippen molar-refractivity contribution < 1.29 is 29.0 Å². The molecular formula is C18H26N2O6. The highest BCUT2D eigenvalue weighted by Crippen LogP contribution is 2.13. The zero-order valence-electron chi connectivity index (χ0n) is 15.4. The van der Waals surface area contributed by atoms with Crippen LogP contribution in [-0.4, -0.2) is 47.4 Å². The molecule has 1 aromatic rings. The van der Waals surface area contributed by atoms with Gasteiger partial charge in [0.1, 0.15) is 13.2 Å². The molecule has 0 aliphatic heterocycles. The number of carbonyl (C=O) groups excluding carboxylic acids is 2. The topological polar surface area (TPSA) is 114 Å². The van der Waals surface area contributed by atoms with Crippen LogP contribution in [0.1, 0.15) is 33.3 Å². The van der Waals surface area contributed by atoms with Crippen molar-refractivity contribution in [2.45, 2.75) is 52.0 Å². The lowest BCUT2D eigenvalue weighted by Crippen LogP contribution is -2.52. The van der Waals surface area contributed by atoms with Crippen LogP contribution >= 0.6 is 0 Å². The molecule has 1 aromatic carbocycles. The maximum absolute atomic E-state index is 11.9. The van der Waals surface area contributed by atoms with Gasteiger partial charge in [-0.2, -0.15) is 0 Å². The largest absolute Gasteiger partial charge is 0.480 e. The Morgan fingerprint density at radius 1 is 1.15 bits per heavy atom. The Balaban J connectivity index is 2.42. The van der Waals surface area contributed by atoms with Crippen molar-refractivity contribution in [3.8, 4) is 0 Å². The Kier molecular flexibility index (Phi) is 8.05. The number of nitrogens with one attached hydrogen (secondary N) is 2. The van der Waals surface area contributed by atoms with Gasteiger partial charge in [0.25, 0.3) is 0 Å². The van der Waals surface area contributed by atoms with Crippen molar-refractivity contribution in [2.75, 3.05) is 6.54 Å². The van der Waals surface area contributed by atoms with Crippen molar-refractivity contribution in [2.24, 2.45) is 0 Å². The van der Waals surface area contributed by atoms with E-state index in [4.69, 9.17) is 9.47 Å². The third-order valence-corrected chi connectivity index (χ3v) is 3.20. The van der Waals surface area contributed by atoms with E-state index in [1.165, 1.54) is 0 Å². The van der Waals surface area contributed by atoms with E-state index in [0.717, 1.165) is 5.56 Å². The monoisotopic (exact) mass is 366 g/mol. The molecule has 0 saturated heterocycles. The molecule has 8 nitrogen and oxygen atoms in total. The van der Waals surface area contributed by atoms with Crippen molar-refractivity contribution in [1.29, 1.82) is 0 Å². The van der Waals surface area contributed by atoms with Crippen LogP contribution in [-0.2, 0) is 25.7 Å². The number of carboxylic acids is 1. The highest BCUT2D eigenvalue weighted by Gasteiger charge is 2.30. The first kappa shape index (κ1) is 21.4. The van der Waals surface area contributed by atoms with Crippen LogP contribution in [0, 0.1) is 0 Å². The highest BCUT2D eigenvalue weighted by atomic mass is 16.5. The van der Waals surface area contributed by atoms with Gasteiger partial charge in [-0.05, 0) is 33.3 Å². The minimum absolute atomic E-state index is 0.0719. The second-order valence-corrected chi connectivity index (χ2v) is 6.73. The quantitative estimate of drug-likeness (QED) is 0.645. The molecule has 2 atom stereocenters. The number of aliphatic carboxylic acids is 1. The molecule has 8 heteroatoms. The number of carbonyl (C=O) groups is 3. The average molecular weight is 366 g/mol. The number of carboxylic acid groups (broad SMARTS) is 1. The van der Waals surface area contributed by atoms with Crippen LogP contribution in [0.15, 0.2) is 30.3 Å². The second kappa shape index (κ2) is 9.76. The van der Waals surface area contributed by atoms with Crippen LogP contribution in [0.2, 0.25) is 0 Å². The summed E-state index contributed by atoms with van der Waals surface area (Å²) in [6, 6.07) is 7.84. The minimum Gasteiger partial charge on any atom is -0.480 e. The number of hydrogen-bond acceptors (Lipinski definition) is 5. The molecule has 3 N–H and O–H groups in total. The van der Waals surface area contributed by atoms with Gasteiger partial charge in [-0.25, -0.2) is 9.59 Å². The molecule has 0 aliphatic carbocycles. The van der Waals surface area contributed by atoms with E-state index in [2.05, 4.69) is 10.6 Å². The lowest BCUT2D eigenvalue weighted by molar-refractivity contribution is -0.150. The highest BCUT2D eigenvalue weighted by molar-refractivity contribution is 5.86. The number of ether oxygens (including phenoxy) is 2. The van der Waals surface area contributed by atoms with Gasteiger partial charge in [-0.15, -0.1) is 0 Å². The molecule has 0 heterocycles. The summed E-state index contributed by atoms with van der Waals surface area (Å²) in [7, 11) is 0. The zero-order chi connectivity index (χ0) is 19.7. The first-order chi connectivity index (χ1) is 12.1. The molecule has 0 aliphatic rings. The third kappa shape index (κ3) is 8.48. The number of amides is 2. The van der Waals surface area contributed by atoms with Gasteiger partial charge in [-0.3, -0.25) is 4.79 Å². The molecule has 0 unspecified atom stereocenters. The van der Waals surface area contributed by atoms with E-state index >= 15 is 0 Å². The van der Waals surface area contributed by atoms with E-state index in [9.17, 15) is 19.5 Å². The summed E-state index contributed by atoms with van der Waals surface area (Å²) in [6.45, 7) is 6.59. The molecule has 26 heavy (non-hydrogen) atoms. The summed E-state index contributed by atoms with van der Waals surface area (Å²) in [5.74, 6) is -1.87. The van der Waals surface area contributed by atoms with E-state index < -0.39 is 42.3 Å². The maximum atomic E-state index is 11.9. The van der Waals surface area contributed by atoms with Crippen molar-refractivity contribution in [3.63, 3.8) is 0 Å². The van der Waals surface area contributed by atoms with Gasteiger partial charge in [0, 0.05) is 0 Å². The Bertz CT molecular complexity index is 612. The summed E-state index contributed by atoms with van der Waals surface area (Å²) < 4.78 is 10.5. The predicted octanol–water partition coefficient (Wildman–Crippen LogP) is 1.69. The molecule has 1 rings (SSSR count). The summed E-state index contributed by atoms with van der Waals surface area (Å²) >= 11 is 0. The van der Waals surface area contributed by atoms with Crippen molar-refractivity contribution in [1.82, 2.24) is 10.6 Å². The van der Waals surface area contributed by atoms with Crippen molar-refractivity contribution >= 4 is 18.0 Å². The first-order valence-electron chi connectivity index (χ1n) is 8.23. The van der Waals surface area contributed by atoms with Crippen LogP contribution in [0.5, 0.6) is 0 Å². The number of rotatable bonds is 8. The molecule has 0 aromatic heterocycles. The first-order valence-corrected chi connectivity index (χ1v) is 8.23. The molecule has 0 saturated carbocycles. The lowest BCUT2D eigenvalue weighted by Gasteiger charge is -2.29. The molecule has 2 amide bonds. The fourth-order valence-corrected chi connectivity index (χ4v) is 2.16. The SMILES string of the molecule is C[C@@H](OC(C)(C)C)[C@H](NC(=O)CNC(=O)OCc1ccccc1)C(=O)O. The minimum atomic E-state index is -1.23. The fourth-order valence-electron chi connectivity index (χ4n) is 2.16. The zero-order valence-corrected chi connectivity index (χ0v) is 15.4. The fraction of sp³-hybridized carbons (Fsp3) is 0.500. The van der Waals surface area contributed by atoms with E-state index in [1.807, 2.05) is 18.2 Å². The molecule has 0 spiro atoms. The summed E-state index contributed by atoms with van der Waals surface area (Å²) in [5, 5.41) is 13.9. The van der Waals surface area contributed by atoms with Gasteiger partial charge in [0.15, 0.2) is 6.04 Å². The molecule has 0 bridgehead atoms. The van der Waals surface area contributed by atoms with Gasteiger partial charge in [-0.1, -0.05) is 30.3 Å². The molecule has 0 radical (unpaired) electrons. The van der Waals surface area contributed by atoms with Gasteiger partial charge in [0.2, 0.25) is 5.91 Å². The second-order valence-electron chi connectivity index (χ2n) is 6.73. The lowest BCUT2D eigenvalue weighted by atomic mass is 10.1. The Hall–Kier alpha value is -2.61. The smallest absolute Gasteiger partial charge is 0.407 e. The number of alkyl carbamates (subject to hydrolysis) is 1. The normalized spacial score (nSPS) is 13.4. The van der Waals surface area contributed by atoms with Crippen LogP contribution in [0.25, 0.3) is 0 Å². The van der Waals surface area contributed by atoms with E-state index in [1.54, 1.807) is 39.8 Å². The van der Waals surface area contributed by atoms with E-state index in [-0.39, 0.29) is 6.61 Å². The summed E-state index contributed by atoms with van der Waals surface area (Å²) in [5.41, 5.74) is 0.253. The Labute approximate surface area is 152 Å². The van der Waals surface area contributed by atoms with Crippen LogP contribution in [0.4, 0.5) is 4.79 Å². The van der Waals surface area contributed by atoms with Crippen molar-refractivity contribution in [3.05, 3.63) is 35.9 Å². The number of hydrogen-bond donors (Lipinski definition) is 3. The van der Waals surface area contributed by atoms with Crippen LogP contribution < -0.4 is 10.6 Å². The standard InChI is InChI=1S/C18H26N2O6/c1-12(26-18(2,3)4)15(16(22)23)20-14(21)10-19-17(24)25-11-13-8-6-5-7-9-13/h5-9,12,15H,10-11H2,1-4H3,(H,19,24)(H,20,21)(H,22,23)/t12-,15+/m1/s1. The van der Waals surface area contributed by atoms with Crippen LogP contribution in [0.3, 0.4) is 0 Å². The molecule has 0 fully saturated rings. The summed E-state index contributed by atoms with van der Waals surface area (Å²) in [4.78, 5) is 34.9. The molecular weight excluding hydrogens is 340 g/mol. The van der Waals surface area contributed by atoms with E-state index in [0.29, 0.717) is 0 Å². The third-order valence-electron chi connectivity index (χ3n) is 3.20. The summed E-state index contributed by atoms with van der Waals surface area (Å²) in [6.07, 6.45) is -1.52. The maximum Gasteiger partial charge on any atom is 0.407 e. The predicted molar refractivity (Wildman–Crippen MR) is 94.5 cm³/mol. The van der Waals surface area contributed by atoms with Gasteiger partial charge < -0.3 is 25.2 Å². The Morgan fingerprint density at radius 2 is 1.77 bits per heavy atom. The molecule has 144 valence electrons. The van der Waals surface area contributed by atoms with Gasteiger partial charge >= 0.3 is 12.1 Å². The number of benzene rings is 1. The Morgan fingerprint density at radius 3 is 2.31 bits per heavy atom. The van der Waals surface area contributed by atoms with Gasteiger partial charge in [0.05, 0.1) is 11.7 Å².